The number of hydrogen-bond donors (Lipinski definition) is 0. The summed E-state index contributed by atoms with van der Waals surface area (Å²) in [6.07, 6.45) is 3.22. The lowest BCUT2D eigenvalue weighted by molar-refractivity contribution is -0.116. The first-order valence-corrected chi connectivity index (χ1v) is 3.48. The van der Waals surface area contributed by atoms with Gasteiger partial charge in [-0.3, -0.25) is 9.78 Å². The fourth-order valence-corrected chi connectivity index (χ4v) is 0.953. The Kier molecular flexibility index (Phi) is 1.55. The van der Waals surface area contributed by atoms with Gasteiger partial charge in [0.2, 0.25) is 0 Å². The molecule has 0 aromatic carbocycles. The molecule has 1 aliphatic rings. The molecular weight excluding hydrogens is 156 g/mol. The van der Waals surface area contributed by atoms with Crippen molar-refractivity contribution in [3.63, 3.8) is 0 Å². The molecule has 0 fully saturated rings. The number of carbonyl (C=O) groups is 1. The fraction of sp³-hybridized carbons (Fsp3) is 0.143. The Labute approximate surface area is 68.7 Å². The van der Waals surface area contributed by atoms with Gasteiger partial charge in [0.05, 0.1) is 5.69 Å². The molecule has 5 nitrogen and oxygen atoms in total. The summed E-state index contributed by atoms with van der Waals surface area (Å²) < 4.78 is 0. The third kappa shape index (κ3) is 1.05. The minimum Gasteiger partial charge on any atom is -0.270 e. The number of rotatable bonds is 1. The lowest BCUT2D eigenvalue weighted by Gasteiger charge is -2.07. The SMILES string of the molecule is O=C1CN=NN1c1ccncc1. The lowest BCUT2D eigenvalue weighted by atomic mass is 10.4. The molecule has 60 valence electrons. The van der Waals surface area contributed by atoms with Gasteiger partial charge < -0.3 is 0 Å². The number of nitrogens with zero attached hydrogens (tertiary/aromatic N) is 4. The van der Waals surface area contributed by atoms with Gasteiger partial charge in [0.25, 0.3) is 5.91 Å². The summed E-state index contributed by atoms with van der Waals surface area (Å²) in [6.45, 7) is 0.141. The summed E-state index contributed by atoms with van der Waals surface area (Å²) in [6, 6.07) is 3.42. The quantitative estimate of drug-likeness (QED) is 0.613. The predicted octanol–water partition coefficient (Wildman–Crippen LogP) is 0.795. The normalized spacial score (nSPS) is 15.7. The first-order valence-electron chi connectivity index (χ1n) is 3.48. The van der Waals surface area contributed by atoms with E-state index >= 15 is 0 Å². The largest absolute Gasteiger partial charge is 0.272 e. The molecule has 2 heterocycles. The lowest BCUT2D eigenvalue weighted by Crippen LogP contribution is -2.21. The van der Waals surface area contributed by atoms with E-state index < -0.39 is 0 Å². The van der Waals surface area contributed by atoms with Crippen molar-refractivity contribution in [2.75, 3.05) is 11.6 Å². The molecule has 2 rings (SSSR count). The second-order valence-corrected chi connectivity index (χ2v) is 2.30. The zero-order chi connectivity index (χ0) is 8.39. The van der Waals surface area contributed by atoms with Crippen LogP contribution in [-0.2, 0) is 4.79 Å². The van der Waals surface area contributed by atoms with E-state index in [9.17, 15) is 4.79 Å². The van der Waals surface area contributed by atoms with E-state index in [-0.39, 0.29) is 12.5 Å². The van der Waals surface area contributed by atoms with Gasteiger partial charge in [-0.15, -0.1) is 0 Å². The Bertz CT molecular complexity index is 321. The Morgan fingerprint density at radius 2 is 2.08 bits per heavy atom. The van der Waals surface area contributed by atoms with E-state index in [1.54, 1.807) is 24.5 Å². The molecule has 1 aromatic heterocycles. The summed E-state index contributed by atoms with van der Waals surface area (Å²) in [5.41, 5.74) is 0.705. The Balaban J connectivity index is 2.31. The van der Waals surface area contributed by atoms with Gasteiger partial charge in [0.1, 0.15) is 6.54 Å². The number of carbonyl (C=O) groups excluding carboxylic acids is 1. The molecule has 0 atom stereocenters. The maximum atomic E-state index is 11.1. The Morgan fingerprint density at radius 1 is 1.33 bits per heavy atom. The molecule has 0 aliphatic carbocycles. The van der Waals surface area contributed by atoms with Crippen LogP contribution < -0.4 is 5.01 Å². The second-order valence-electron chi connectivity index (χ2n) is 2.30. The highest BCUT2D eigenvalue weighted by molar-refractivity contribution is 5.95. The van der Waals surface area contributed by atoms with Crippen LogP contribution in [0.5, 0.6) is 0 Å². The van der Waals surface area contributed by atoms with E-state index in [1.165, 1.54) is 5.01 Å². The summed E-state index contributed by atoms with van der Waals surface area (Å²) in [4.78, 5) is 14.9. The molecule has 0 unspecified atom stereocenters. The van der Waals surface area contributed by atoms with Gasteiger partial charge in [0.15, 0.2) is 0 Å². The van der Waals surface area contributed by atoms with Gasteiger partial charge >= 0.3 is 0 Å². The maximum absolute atomic E-state index is 11.1. The van der Waals surface area contributed by atoms with Crippen molar-refractivity contribution in [3.05, 3.63) is 24.5 Å². The van der Waals surface area contributed by atoms with Gasteiger partial charge in [-0.25, -0.2) is 0 Å². The summed E-state index contributed by atoms with van der Waals surface area (Å²) in [7, 11) is 0. The van der Waals surface area contributed by atoms with Gasteiger partial charge in [0, 0.05) is 12.4 Å². The summed E-state index contributed by atoms with van der Waals surface area (Å²) in [5, 5.41) is 8.54. The van der Waals surface area contributed by atoms with Crippen LogP contribution in [0.25, 0.3) is 0 Å². The topological polar surface area (TPSA) is 57.9 Å². The van der Waals surface area contributed by atoms with Crippen molar-refractivity contribution in [2.24, 2.45) is 10.3 Å². The molecule has 0 N–H and O–H groups in total. The third-order valence-electron chi connectivity index (χ3n) is 1.50. The van der Waals surface area contributed by atoms with Crippen molar-refractivity contribution in [1.82, 2.24) is 4.98 Å². The average Bonchev–Trinajstić information content (AvgIpc) is 2.53. The Hall–Kier alpha value is -1.78. The average molecular weight is 162 g/mol. The zero-order valence-corrected chi connectivity index (χ0v) is 6.21. The van der Waals surface area contributed by atoms with Gasteiger partial charge in [-0.2, -0.15) is 10.1 Å². The van der Waals surface area contributed by atoms with Crippen LogP contribution in [0.2, 0.25) is 0 Å². The van der Waals surface area contributed by atoms with E-state index in [0.717, 1.165) is 0 Å². The number of aromatic nitrogens is 1. The van der Waals surface area contributed by atoms with Crippen molar-refractivity contribution in [1.29, 1.82) is 0 Å². The van der Waals surface area contributed by atoms with E-state index in [0.29, 0.717) is 5.69 Å². The molecule has 0 radical (unpaired) electrons. The van der Waals surface area contributed by atoms with Crippen LogP contribution in [0.3, 0.4) is 0 Å². The molecule has 0 saturated carbocycles. The van der Waals surface area contributed by atoms with E-state index in [1.807, 2.05) is 0 Å². The van der Waals surface area contributed by atoms with Gasteiger partial charge in [-0.05, 0) is 12.1 Å². The number of pyridine rings is 1. The molecule has 0 saturated heterocycles. The van der Waals surface area contributed by atoms with E-state index in [4.69, 9.17) is 0 Å². The third-order valence-corrected chi connectivity index (χ3v) is 1.50. The van der Waals surface area contributed by atoms with Crippen LogP contribution in [0.1, 0.15) is 0 Å². The van der Waals surface area contributed by atoms with Crippen molar-refractivity contribution >= 4 is 11.6 Å². The molecule has 5 heteroatoms. The minimum absolute atomic E-state index is 0.110. The molecule has 12 heavy (non-hydrogen) atoms. The zero-order valence-electron chi connectivity index (χ0n) is 6.21. The molecule has 1 aromatic rings. The van der Waals surface area contributed by atoms with Crippen molar-refractivity contribution in [2.45, 2.75) is 0 Å². The summed E-state index contributed by atoms with van der Waals surface area (Å²) >= 11 is 0. The highest BCUT2D eigenvalue weighted by Crippen LogP contribution is 2.16. The van der Waals surface area contributed by atoms with Gasteiger partial charge in [-0.1, -0.05) is 5.22 Å². The number of anilines is 1. The summed E-state index contributed by atoms with van der Waals surface area (Å²) in [5.74, 6) is -0.110. The minimum atomic E-state index is -0.110. The molecular formula is C7H6N4O. The first-order chi connectivity index (χ1) is 5.88. The first kappa shape index (κ1) is 6.90. The molecule has 0 bridgehead atoms. The van der Waals surface area contributed by atoms with Crippen LogP contribution in [0.4, 0.5) is 5.69 Å². The van der Waals surface area contributed by atoms with Crippen LogP contribution in [0, 0.1) is 0 Å². The highest BCUT2D eigenvalue weighted by atomic mass is 16.2. The molecule has 1 aliphatic heterocycles. The van der Waals surface area contributed by atoms with Crippen LogP contribution in [-0.4, -0.2) is 17.4 Å². The molecule has 1 amide bonds. The predicted molar refractivity (Wildman–Crippen MR) is 41.4 cm³/mol. The van der Waals surface area contributed by atoms with Crippen LogP contribution in [0.15, 0.2) is 34.9 Å². The molecule has 0 spiro atoms. The number of amides is 1. The van der Waals surface area contributed by atoms with Crippen LogP contribution >= 0.6 is 0 Å². The monoisotopic (exact) mass is 162 g/mol. The maximum Gasteiger partial charge on any atom is 0.272 e. The standard InChI is InChI=1S/C7H6N4O/c12-7-5-9-10-11(7)6-1-3-8-4-2-6/h1-4H,5H2. The second kappa shape index (κ2) is 2.69. The fourth-order valence-electron chi connectivity index (χ4n) is 0.953. The van der Waals surface area contributed by atoms with E-state index in [2.05, 4.69) is 15.3 Å². The Morgan fingerprint density at radius 3 is 2.67 bits per heavy atom. The van der Waals surface area contributed by atoms with Crippen molar-refractivity contribution in [3.8, 4) is 0 Å². The highest BCUT2D eigenvalue weighted by Gasteiger charge is 2.19. The number of hydrogen-bond acceptors (Lipinski definition) is 4. The smallest absolute Gasteiger partial charge is 0.270 e. The van der Waals surface area contributed by atoms with Crippen molar-refractivity contribution < 1.29 is 4.79 Å².